The number of morpholine rings is 1. The van der Waals surface area contributed by atoms with Crippen LogP contribution in [0.2, 0.25) is 0 Å². The van der Waals surface area contributed by atoms with Crippen molar-refractivity contribution in [3.63, 3.8) is 0 Å². The summed E-state index contributed by atoms with van der Waals surface area (Å²) in [4.78, 5) is 2.23. The van der Waals surface area contributed by atoms with Crippen molar-refractivity contribution >= 4 is 12.6 Å². The Hall–Kier alpha value is -1.12. The first-order valence-electron chi connectivity index (χ1n) is 5.32. The lowest BCUT2D eigenvalue weighted by Crippen LogP contribution is -2.43. The van der Waals surface area contributed by atoms with Gasteiger partial charge in [0, 0.05) is 13.1 Å². The van der Waals surface area contributed by atoms with Gasteiger partial charge < -0.3 is 15.0 Å². The number of ether oxygens (including phenoxy) is 1. The van der Waals surface area contributed by atoms with Crippen molar-refractivity contribution < 1.29 is 4.74 Å². The molecule has 0 aliphatic carbocycles. The van der Waals surface area contributed by atoms with Crippen LogP contribution in [-0.4, -0.2) is 36.6 Å². The highest BCUT2D eigenvalue weighted by molar-refractivity contribution is 7.81. The largest absolute Gasteiger partial charge is 0.378 e. The lowest BCUT2D eigenvalue weighted by molar-refractivity contribution is 0.0501. The van der Waals surface area contributed by atoms with E-state index in [1.165, 1.54) is 0 Å². The fourth-order valence-electron chi connectivity index (χ4n) is 1.89. The van der Waals surface area contributed by atoms with E-state index in [0.29, 0.717) is 5.57 Å². The molecule has 2 rings (SSSR count). The van der Waals surface area contributed by atoms with Gasteiger partial charge in [-0.2, -0.15) is 5.26 Å². The summed E-state index contributed by atoms with van der Waals surface area (Å²) in [7, 11) is 0. The maximum absolute atomic E-state index is 8.97. The third kappa shape index (κ3) is 2.18. The average Bonchev–Trinajstić information content (AvgIpc) is 2.30. The number of hydrogen-bond acceptors (Lipinski definition) is 5. The first-order valence-corrected chi connectivity index (χ1v) is 5.84. The third-order valence-electron chi connectivity index (χ3n) is 2.81. The second-order valence-electron chi connectivity index (χ2n) is 3.88. The number of allylic oxidation sites excluding steroid dienone is 2. The fraction of sp³-hybridized carbons (Fsp3) is 0.545. The van der Waals surface area contributed by atoms with E-state index in [4.69, 9.17) is 10.00 Å². The standard InChI is InChI=1S/C11H15N3OS/c1-8-6-10(13-11(16)9(8)7-12)14-2-4-15-5-3-14/h6,11,13,16H,2-5H2,1H3/t11-/m0/s1. The van der Waals surface area contributed by atoms with Gasteiger partial charge in [-0.05, 0) is 18.6 Å². The smallest absolute Gasteiger partial charge is 0.106 e. The van der Waals surface area contributed by atoms with Gasteiger partial charge in [0.05, 0.1) is 24.9 Å². The van der Waals surface area contributed by atoms with Gasteiger partial charge in [0.15, 0.2) is 0 Å². The Balaban J connectivity index is 2.18. The minimum absolute atomic E-state index is 0.201. The van der Waals surface area contributed by atoms with E-state index in [9.17, 15) is 0 Å². The lowest BCUT2D eigenvalue weighted by atomic mass is 10.1. The second kappa shape index (κ2) is 4.81. The maximum atomic E-state index is 8.97. The molecule has 2 aliphatic rings. The average molecular weight is 237 g/mol. The molecule has 0 aromatic rings. The van der Waals surface area contributed by atoms with Gasteiger partial charge in [0.1, 0.15) is 11.2 Å². The summed E-state index contributed by atoms with van der Waals surface area (Å²) in [5.74, 6) is 1.04. The maximum Gasteiger partial charge on any atom is 0.106 e. The Morgan fingerprint density at radius 2 is 2.25 bits per heavy atom. The van der Waals surface area contributed by atoms with Crippen molar-refractivity contribution in [2.45, 2.75) is 12.3 Å². The SMILES string of the molecule is CC1=C(C#N)[C@H](S)NC(N2CCOCC2)=C1. The molecule has 4 nitrogen and oxygen atoms in total. The molecule has 0 aromatic carbocycles. The van der Waals surface area contributed by atoms with Crippen LogP contribution in [0.1, 0.15) is 6.92 Å². The topological polar surface area (TPSA) is 48.3 Å². The van der Waals surface area contributed by atoms with Gasteiger partial charge in [-0.1, -0.05) is 0 Å². The number of dihydropyridines is 1. The molecule has 0 bridgehead atoms. The summed E-state index contributed by atoms with van der Waals surface area (Å²) in [5, 5.41) is 12.0. The van der Waals surface area contributed by atoms with Crippen molar-refractivity contribution in [2.75, 3.05) is 26.3 Å². The molecule has 0 amide bonds. The Morgan fingerprint density at radius 1 is 1.56 bits per heavy atom. The van der Waals surface area contributed by atoms with Crippen LogP contribution in [0.5, 0.6) is 0 Å². The minimum atomic E-state index is -0.201. The Labute approximate surface area is 101 Å². The molecule has 0 aromatic heterocycles. The van der Waals surface area contributed by atoms with E-state index in [1.807, 2.05) is 13.0 Å². The van der Waals surface area contributed by atoms with Gasteiger partial charge in [-0.25, -0.2) is 0 Å². The van der Waals surface area contributed by atoms with Gasteiger partial charge in [0.2, 0.25) is 0 Å². The van der Waals surface area contributed by atoms with Crippen LogP contribution in [-0.2, 0) is 4.74 Å². The number of rotatable bonds is 1. The lowest BCUT2D eigenvalue weighted by Gasteiger charge is -2.34. The summed E-state index contributed by atoms with van der Waals surface area (Å²) in [6.45, 7) is 5.22. The highest BCUT2D eigenvalue weighted by atomic mass is 32.1. The van der Waals surface area contributed by atoms with Gasteiger partial charge in [-0.15, -0.1) is 12.6 Å². The van der Waals surface area contributed by atoms with E-state index in [-0.39, 0.29) is 5.37 Å². The van der Waals surface area contributed by atoms with Crippen molar-refractivity contribution in [1.29, 1.82) is 5.26 Å². The Morgan fingerprint density at radius 3 is 2.81 bits per heavy atom. The zero-order chi connectivity index (χ0) is 11.5. The van der Waals surface area contributed by atoms with E-state index in [0.717, 1.165) is 37.7 Å². The van der Waals surface area contributed by atoms with E-state index in [2.05, 4.69) is 28.9 Å². The van der Waals surface area contributed by atoms with E-state index < -0.39 is 0 Å². The molecule has 1 atom stereocenters. The molecule has 0 radical (unpaired) electrons. The number of thiol groups is 1. The molecule has 1 N–H and O–H groups in total. The normalized spacial score (nSPS) is 25.9. The minimum Gasteiger partial charge on any atom is -0.378 e. The van der Waals surface area contributed by atoms with Crippen LogP contribution in [0.15, 0.2) is 23.0 Å². The van der Waals surface area contributed by atoms with E-state index in [1.54, 1.807) is 0 Å². The second-order valence-corrected chi connectivity index (χ2v) is 4.40. The summed E-state index contributed by atoms with van der Waals surface area (Å²) in [6.07, 6.45) is 2.01. The van der Waals surface area contributed by atoms with Crippen molar-refractivity contribution in [2.24, 2.45) is 0 Å². The van der Waals surface area contributed by atoms with Crippen LogP contribution >= 0.6 is 12.6 Å². The Bertz CT molecular complexity index is 377. The molecule has 0 spiro atoms. The number of nitriles is 1. The molecule has 0 saturated carbocycles. The zero-order valence-electron chi connectivity index (χ0n) is 9.23. The van der Waals surface area contributed by atoms with Gasteiger partial charge >= 0.3 is 0 Å². The summed E-state index contributed by atoms with van der Waals surface area (Å²) >= 11 is 4.38. The quantitative estimate of drug-likeness (QED) is 0.664. The van der Waals surface area contributed by atoms with Crippen molar-refractivity contribution in [1.82, 2.24) is 10.2 Å². The highest BCUT2D eigenvalue weighted by Gasteiger charge is 2.22. The summed E-state index contributed by atoms with van der Waals surface area (Å²) in [5.41, 5.74) is 1.68. The Kier molecular flexibility index (Phi) is 3.42. The molecule has 1 saturated heterocycles. The van der Waals surface area contributed by atoms with Crippen LogP contribution in [0, 0.1) is 11.3 Å². The molecule has 86 valence electrons. The molecule has 5 heteroatoms. The number of nitrogens with one attached hydrogen (secondary N) is 1. The predicted molar refractivity (Wildman–Crippen MR) is 64.7 cm³/mol. The zero-order valence-corrected chi connectivity index (χ0v) is 10.1. The molecule has 2 aliphatic heterocycles. The molecular weight excluding hydrogens is 222 g/mol. The monoisotopic (exact) mass is 237 g/mol. The summed E-state index contributed by atoms with van der Waals surface area (Å²) in [6, 6.07) is 2.18. The van der Waals surface area contributed by atoms with Gasteiger partial charge in [-0.3, -0.25) is 0 Å². The third-order valence-corrected chi connectivity index (χ3v) is 3.20. The first kappa shape index (κ1) is 11.4. The fourth-order valence-corrected chi connectivity index (χ4v) is 2.28. The predicted octanol–water partition coefficient (Wildman–Crippen LogP) is 0.859. The van der Waals surface area contributed by atoms with Crippen LogP contribution < -0.4 is 5.32 Å². The van der Waals surface area contributed by atoms with Crippen LogP contribution in [0.4, 0.5) is 0 Å². The highest BCUT2D eigenvalue weighted by Crippen LogP contribution is 2.21. The van der Waals surface area contributed by atoms with E-state index >= 15 is 0 Å². The number of nitrogens with zero attached hydrogens (tertiary/aromatic N) is 2. The van der Waals surface area contributed by atoms with Crippen molar-refractivity contribution in [3.8, 4) is 6.07 Å². The molecule has 1 fully saturated rings. The summed E-state index contributed by atoms with van der Waals surface area (Å²) < 4.78 is 5.31. The molecular formula is C11H15N3OS. The first-order chi connectivity index (χ1) is 7.72. The molecule has 16 heavy (non-hydrogen) atoms. The van der Waals surface area contributed by atoms with Crippen LogP contribution in [0.25, 0.3) is 0 Å². The molecule has 0 unspecified atom stereocenters. The van der Waals surface area contributed by atoms with Crippen LogP contribution in [0.3, 0.4) is 0 Å². The molecule has 2 heterocycles. The van der Waals surface area contributed by atoms with Gasteiger partial charge in [0.25, 0.3) is 0 Å². The number of hydrogen-bond donors (Lipinski definition) is 2. The van der Waals surface area contributed by atoms with Crippen molar-refractivity contribution in [3.05, 3.63) is 23.0 Å².